The molecule has 0 fully saturated rings. The van der Waals surface area contributed by atoms with Crippen LogP contribution < -0.4 is 10.2 Å². The maximum absolute atomic E-state index is 12.1. The maximum Gasteiger partial charge on any atom is 0.277 e. The van der Waals surface area contributed by atoms with Crippen LogP contribution in [0, 0.1) is 0 Å². The van der Waals surface area contributed by atoms with Crippen LogP contribution >= 0.6 is 11.6 Å². The van der Waals surface area contributed by atoms with Gasteiger partial charge in [0.25, 0.3) is 5.91 Å². The Morgan fingerprint density at radius 3 is 2.37 bits per heavy atom. The predicted molar refractivity (Wildman–Crippen MR) is 105 cm³/mol. The third-order valence-electron chi connectivity index (χ3n) is 3.59. The van der Waals surface area contributed by atoms with E-state index in [0.29, 0.717) is 22.0 Å². The summed E-state index contributed by atoms with van der Waals surface area (Å²) in [5.41, 5.74) is 3.59. The third kappa shape index (κ3) is 5.53. The number of hydrazone groups is 1. The fraction of sp³-hybridized carbons (Fsp3) is 0.222. The summed E-state index contributed by atoms with van der Waals surface area (Å²) >= 11 is 5.95. The Labute approximate surface area is 163 Å². The van der Waals surface area contributed by atoms with Gasteiger partial charge in [-0.1, -0.05) is 35.9 Å². The van der Waals surface area contributed by atoms with E-state index >= 15 is 0 Å². The van der Waals surface area contributed by atoms with Crippen molar-refractivity contribution in [2.24, 2.45) is 5.10 Å². The predicted octanol–water partition coefficient (Wildman–Crippen LogP) is 2.51. The van der Waals surface area contributed by atoms with Crippen molar-refractivity contribution in [1.29, 1.82) is 0 Å². The molecule has 0 aliphatic rings. The van der Waals surface area contributed by atoms with Gasteiger partial charge in [0, 0.05) is 14.1 Å². The van der Waals surface area contributed by atoms with Gasteiger partial charge in [-0.3, -0.25) is 4.79 Å². The van der Waals surface area contributed by atoms with Crippen LogP contribution in [0.3, 0.4) is 0 Å². The molecule has 7 nitrogen and oxygen atoms in total. The number of para-hydroxylation sites is 1. The summed E-state index contributed by atoms with van der Waals surface area (Å²) in [7, 11) is -0.549. The van der Waals surface area contributed by atoms with Crippen LogP contribution in [0.1, 0.15) is 12.5 Å². The second-order valence-electron chi connectivity index (χ2n) is 5.76. The van der Waals surface area contributed by atoms with Crippen molar-refractivity contribution in [3.8, 4) is 5.75 Å². The van der Waals surface area contributed by atoms with Gasteiger partial charge in [-0.15, -0.1) is 0 Å². The first-order valence-electron chi connectivity index (χ1n) is 7.95. The molecule has 0 saturated heterocycles. The van der Waals surface area contributed by atoms with E-state index < -0.39 is 15.9 Å². The Morgan fingerprint density at radius 1 is 1.15 bits per heavy atom. The minimum Gasteiger partial charge on any atom is -0.482 e. The molecule has 0 aliphatic heterocycles. The Bertz CT molecular complexity index is 941. The Kier molecular flexibility index (Phi) is 6.95. The van der Waals surface area contributed by atoms with Crippen molar-refractivity contribution >= 4 is 33.2 Å². The number of ether oxygens (including phenoxy) is 1. The van der Waals surface area contributed by atoms with Crippen molar-refractivity contribution in [2.75, 3.05) is 20.7 Å². The van der Waals surface area contributed by atoms with Gasteiger partial charge in [0.15, 0.2) is 6.61 Å². The number of carbonyl (C=O) groups is 1. The number of rotatable bonds is 7. The van der Waals surface area contributed by atoms with Crippen LogP contribution in [0.4, 0.5) is 0 Å². The summed E-state index contributed by atoms with van der Waals surface area (Å²) in [6.45, 7) is 1.46. The van der Waals surface area contributed by atoms with Crippen LogP contribution in [-0.4, -0.2) is 45.0 Å². The van der Waals surface area contributed by atoms with Gasteiger partial charge in [-0.05, 0) is 36.8 Å². The molecule has 0 atom stereocenters. The van der Waals surface area contributed by atoms with Crippen LogP contribution in [0.25, 0.3) is 0 Å². The van der Waals surface area contributed by atoms with Gasteiger partial charge >= 0.3 is 0 Å². The summed E-state index contributed by atoms with van der Waals surface area (Å²) in [4.78, 5) is 12.0. The van der Waals surface area contributed by atoms with Crippen LogP contribution in [-0.2, 0) is 14.8 Å². The molecular weight excluding hydrogens is 390 g/mol. The number of carbonyl (C=O) groups excluding carboxylic acids is 1. The normalized spacial score (nSPS) is 12.1. The van der Waals surface area contributed by atoms with E-state index in [0.717, 1.165) is 4.31 Å². The topological polar surface area (TPSA) is 88.1 Å². The molecule has 0 aromatic heterocycles. The largest absolute Gasteiger partial charge is 0.482 e. The minimum atomic E-state index is -3.49. The third-order valence-corrected chi connectivity index (χ3v) is 5.74. The van der Waals surface area contributed by atoms with Crippen molar-refractivity contribution in [3.05, 3.63) is 59.1 Å². The van der Waals surface area contributed by atoms with E-state index in [2.05, 4.69) is 10.5 Å². The molecule has 0 aliphatic carbocycles. The summed E-state index contributed by atoms with van der Waals surface area (Å²) in [6.07, 6.45) is 0. The molecule has 0 unspecified atom stereocenters. The molecule has 2 rings (SSSR count). The average Bonchev–Trinajstić information content (AvgIpc) is 2.65. The standard InChI is InChI=1S/C18H20ClN3O4S/c1-13(14-8-10-15(11-9-14)27(24,25)22(2)3)20-21-18(23)12-26-17-7-5-4-6-16(17)19/h4-11H,12H2,1-3H3,(H,21,23)/b20-13-. The molecule has 9 heteroatoms. The first kappa shape index (κ1) is 20.9. The molecular formula is C18H20ClN3O4S. The first-order chi connectivity index (χ1) is 12.7. The number of sulfonamides is 1. The minimum absolute atomic E-state index is 0.182. The maximum atomic E-state index is 12.1. The summed E-state index contributed by atoms with van der Waals surface area (Å²) < 4.78 is 30.6. The van der Waals surface area contributed by atoms with Gasteiger partial charge in [-0.2, -0.15) is 5.10 Å². The van der Waals surface area contributed by atoms with Crippen molar-refractivity contribution in [3.63, 3.8) is 0 Å². The molecule has 0 heterocycles. The van der Waals surface area contributed by atoms with Crippen molar-refractivity contribution in [2.45, 2.75) is 11.8 Å². The summed E-state index contributed by atoms with van der Waals surface area (Å²) in [6, 6.07) is 13.1. The van der Waals surface area contributed by atoms with Gasteiger partial charge in [0.1, 0.15) is 5.75 Å². The Balaban J connectivity index is 1.97. The smallest absolute Gasteiger partial charge is 0.277 e. The SMILES string of the molecule is C/C(=N/NC(=O)COc1ccccc1Cl)c1ccc(S(=O)(=O)N(C)C)cc1. The van der Waals surface area contributed by atoms with E-state index in [4.69, 9.17) is 16.3 Å². The van der Waals surface area contributed by atoms with Crippen LogP contribution in [0.2, 0.25) is 5.02 Å². The zero-order valence-electron chi connectivity index (χ0n) is 15.1. The fourth-order valence-corrected chi connectivity index (χ4v) is 3.12. The number of hydrogen-bond acceptors (Lipinski definition) is 5. The van der Waals surface area contributed by atoms with Gasteiger partial charge < -0.3 is 4.74 Å². The van der Waals surface area contributed by atoms with Crippen LogP contribution in [0.5, 0.6) is 5.75 Å². The number of nitrogens with zero attached hydrogens (tertiary/aromatic N) is 2. The molecule has 0 spiro atoms. The first-order valence-corrected chi connectivity index (χ1v) is 9.77. The zero-order chi connectivity index (χ0) is 20.0. The van der Waals surface area contributed by atoms with Gasteiger partial charge in [0.2, 0.25) is 10.0 Å². The fourth-order valence-electron chi connectivity index (χ4n) is 2.03. The average molecular weight is 410 g/mol. The highest BCUT2D eigenvalue weighted by atomic mass is 35.5. The highest BCUT2D eigenvalue weighted by molar-refractivity contribution is 7.89. The number of benzene rings is 2. The quantitative estimate of drug-likeness (QED) is 0.562. The molecule has 27 heavy (non-hydrogen) atoms. The van der Waals surface area contributed by atoms with E-state index in [-0.39, 0.29) is 11.5 Å². The van der Waals surface area contributed by atoms with Crippen LogP contribution in [0.15, 0.2) is 58.5 Å². The molecule has 0 saturated carbocycles. The van der Waals surface area contributed by atoms with E-state index in [1.54, 1.807) is 43.3 Å². The Morgan fingerprint density at radius 2 is 1.78 bits per heavy atom. The highest BCUT2D eigenvalue weighted by Crippen LogP contribution is 2.22. The van der Waals surface area contributed by atoms with Gasteiger partial charge in [0.05, 0.1) is 15.6 Å². The Hall–Kier alpha value is -2.42. The second kappa shape index (κ2) is 8.98. The van der Waals surface area contributed by atoms with Crippen molar-refractivity contribution < 1.29 is 17.9 Å². The molecule has 1 N–H and O–H groups in total. The lowest BCUT2D eigenvalue weighted by atomic mass is 10.1. The van der Waals surface area contributed by atoms with E-state index in [9.17, 15) is 13.2 Å². The number of nitrogens with one attached hydrogen (secondary N) is 1. The molecule has 0 bridgehead atoms. The second-order valence-corrected chi connectivity index (χ2v) is 8.32. The molecule has 0 radical (unpaired) electrons. The number of hydrogen-bond donors (Lipinski definition) is 1. The molecule has 2 aromatic rings. The molecule has 2 aromatic carbocycles. The highest BCUT2D eigenvalue weighted by Gasteiger charge is 2.16. The van der Waals surface area contributed by atoms with Gasteiger partial charge in [-0.25, -0.2) is 18.1 Å². The summed E-state index contributed by atoms with van der Waals surface area (Å²) in [5.74, 6) is -0.0335. The van der Waals surface area contributed by atoms with Crippen molar-refractivity contribution in [1.82, 2.24) is 9.73 Å². The number of amides is 1. The molecule has 144 valence electrons. The zero-order valence-corrected chi connectivity index (χ0v) is 16.7. The summed E-state index contributed by atoms with van der Waals surface area (Å²) in [5, 5.41) is 4.41. The van der Waals surface area contributed by atoms with E-state index in [1.165, 1.54) is 26.2 Å². The monoisotopic (exact) mass is 409 g/mol. The number of halogens is 1. The lowest BCUT2D eigenvalue weighted by Crippen LogP contribution is -2.25. The lowest BCUT2D eigenvalue weighted by molar-refractivity contribution is -0.123. The van der Waals surface area contributed by atoms with E-state index in [1.807, 2.05) is 0 Å². The lowest BCUT2D eigenvalue weighted by Gasteiger charge is -2.11. The molecule has 1 amide bonds.